The summed E-state index contributed by atoms with van der Waals surface area (Å²) in [5.74, 6) is -0.184. The topological polar surface area (TPSA) is 110 Å². The molecule has 2 atom stereocenters. The first-order valence-electron chi connectivity index (χ1n) is 17.2. The molecule has 1 aliphatic rings. The van der Waals surface area contributed by atoms with E-state index >= 15 is 0 Å². The third-order valence-electron chi connectivity index (χ3n) is 8.98. The van der Waals surface area contributed by atoms with E-state index in [1.54, 1.807) is 4.90 Å². The van der Waals surface area contributed by atoms with Crippen molar-refractivity contribution in [1.82, 2.24) is 14.9 Å². The molecule has 0 radical (unpaired) electrons. The van der Waals surface area contributed by atoms with Gasteiger partial charge in [-0.1, -0.05) is 71.0 Å². The summed E-state index contributed by atoms with van der Waals surface area (Å²) >= 11 is 1.48. The highest BCUT2D eigenvalue weighted by Gasteiger charge is 2.35. The first kappa shape index (κ1) is 35.9. The van der Waals surface area contributed by atoms with Gasteiger partial charge < -0.3 is 14.7 Å². The lowest BCUT2D eigenvalue weighted by molar-refractivity contribution is -0.141. The fourth-order valence-corrected chi connectivity index (χ4v) is 7.02. The highest BCUT2D eigenvalue weighted by molar-refractivity contribution is 7.14. The summed E-state index contributed by atoms with van der Waals surface area (Å²) in [5.41, 5.74) is 3.60. The van der Waals surface area contributed by atoms with Crippen LogP contribution in [-0.2, 0) is 21.4 Å². The predicted octanol–water partition coefficient (Wildman–Crippen LogP) is 8.35. The van der Waals surface area contributed by atoms with Crippen LogP contribution in [0.5, 0.6) is 5.75 Å². The Morgan fingerprint density at radius 2 is 1.61 bits per heavy atom. The SMILES string of the molecule is CC(C)CCCOc1ccc(-c2cnc(-c3ccc(C[C@H](CC(=O)c4ccc(C(C)(C)C)s4)C(=O)N4CC[C@H](C(=O)O)C4)cc3)nc2)cc1. The number of carbonyl (C=O) groups is 3. The van der Waals surface area contributed by atoms with Crippen molar-refractivity contribution in [2.24, 2.45) is 17.8 Å². The number of hydrogen-bond acceptors (Lipinski definition) is 7. The van der Waals surface area contributed by atoms with Crippen LogP contribution in [0.25, 0.3) is 22.5 Å². The van der Waals surface area contributed by atoms with Crippen LogP contribution >= 0.6 is 11.3 Å². The molecule has 9 heteroatoms. The summed E-state index contributed by atoms with van der Waals surface area (Å²) in [5, 5.41) is 9.49. The second-order valence-corrected chi connectivity index (χ2v) is 15.5. The number of carboxylic acid groups (broad SMARTS) is 1. The number of thiophene rings is 1. The zero-order valence-electron chi connectivity index (χ0n) is 29.1. The molecule has 0 saturated carbocycles. The predicted molar refractivity (Wildman–Crippen MR) is 194 cm³/mol. The lowest BCUT2D eigenvalue weighted by atomic mass is 9.92. The molecule has 1 N–H and O–H groups in total. The van der Waals surface area contributed by atoms with Crippen molar-refractivity contribution in [2.75, 3.05) is 19.7 Å². The third kappa shape index (κ3) is 9.63. The summed E-state index contributed by atoms with van der Waals surface area (Å²) in [6, 6.07) is 19.6. The third-order valence-corrected chi connectivity index (χ3v) is 10.5. The van der Waals surface area contributed by atoms with Crippen molar-refractivity contribution in [3.05, 3.63) is 88.4 Å². The van der Waals surface area contributed by atoms with Gasteiger partial charge in [-0.25, -0.2) is 9.97 Å². The van der Waals surface area contributed by atoms with Gasteiger partial charge in [0.2, 0.25) is 5.91 Å². The number of carbonyl (C=O) groups excluding carboxylic acids is 2. The maximum absolute atomic E-state index is 13.7. The molecule has 0 unspecified atom stereocenters. The number of nitrogens with zero attached hydrogens (tertiary/aromatic N) is 3. The fourth-order valence-electron chi connectivity index (χ4n) is 6.01. The summed E-state index contributed by atoms with van der Waals surface area (Å²) in [7, 11) is 0. The van der Waals surface area contributed by atoms with E-state index in [2.05, 4.69) is 44.6 Å². The van der Waals surface area contributed by atoms with Gasteiger partial charge in [-0.05, 0) is 72.4 Å². The van der Waals surface area contributed by atoms with Crippen molar-refractivity contribution in [2.45, 2.75) is 72.1 Å². The summed E-state index contributed by atoms with van der Waals surface area (Å²) in [4.78, 5) is 51.4. The van der Waals surface area contributed by atoms with Crippen molar-refractivity contribution < 1.29 is 24.2 Å². The van der Waals surface area contributed by atoms with Crippen molar-refractivity contribution in [3.8, 4) is 28.3 Å². The average molecular weight is 682 g/mol. The molecule has 49 heavy (non-hydrogen) atoms. The van der Waals surface area contributed by atoms with Gasteiger partial charge in [-0.3, -0.25) is 14.4 Å². The largest absolute Gasteiger partial charge is 0.494 e. The quantitative estimate of drug-likeness (QED) is 0.105. The van der Waals surface area contributed by atoms with Gasteiger partial charge in [0.25, 0.3) is 0 Å². The Labute approximate surface area is 293 Å². The summed E-state index contributed by atoms with van der Waals surface area (Å²) in [6.45, 7) is 12.0. The molecule has 1 aliphatic heterocycles. The van der Waals surface area contributed by atoms with Crippen molar-refractivity contribution in [1.29, 1.82) is 0 Å². The second-order valence-electron chi connectivity index (χ2n) is 14.5. The number of ketones is 1. The Morgan fingerprint density at radius 3 is 2.20 bits per heavy atom. The minimum absolute atomic E-state index is 0.0642. The summed E-state index contributed by atoms with van der Waals surface area (Å²) in [6.07, 6.45) is 6.66. The highest BCUT2D eigenvalue weighted by atomic mass is 32.1. The van der Waals surface area contributed by atoms with Crippen LogP contribution in [0.15, 0.2) is 73.1 Å². The zero-order chi connectivity index (χ0) is 35.1. The maximum Gasteiger partial charge on any atom is 0.308 e. The number of Topliss-reactive ketones (excluding diaryl/α,β-unsaturated/α-hetero) is 1. The van der Waals surface area contributed by atoms with Crippen LogP contribution in [-0.4, -0.2) is 57.3 Å². The fraction of sp³-hybridized carbons (Fsp3) is 0.425. The van der Waals surface area contributed by atoms with E-state index in [9.17, 15) is 19.5 Å². The number of aliphatic carboxylic acids is 1. The van der Waals surface area contributed by atoms with Crippen LogP contribution in [0.4, 0.5) is 0 Å². The second kappa shape index (κ2) is 15.9. The number of amides is 1. The monoisotopic (exact) mass is 681 g/mol. The molecule has 5 rings (SSSR count). The molecule has 3 heterocycles. The van der Waals surface area contributed by atoms with Gasteiger partial charge in [-0.15, -0.1) is 11.3 Å². The molecule has 1 amide bonds. The molecule has 258 valence electrons. The number of benzene rings is 2. The normalized spacial score (nSPS) is 15.4. The molecule has 0 bridgehead atoms. The van der Waals surface area contributed by atoms with Gasteiger partial charge >= 0.3 is 5.97 Å². The number of rotatable bonds is 14. The zero-order valence-corrected chi connectivity index (χ0v) is 30.0. The molecule has 0 aliphatic carbocycles. The Kier molecular flexibility index (Phi) is 11.7. The lowest BCUT2D eigenvalue weighted by Crippen LogP contribution is -2.37. The molecule has 1 fully saturated rings. The number of carboxylic acids is 1. The van der Waals surface area contributed by atoms with Crippen LogP contribution in [0.3, 0.4) is 0 Å². The van der Waals surface area contributed by atoms with E-state index in [1.165, 1.54) is 11.3 Å². The van der Waals surface area contributed by atoms with Crippen LogP contribution < -0.4 is 4.74 Å². The Morgan fingerprint density at radius 1 is 0.939 bits per heavy atom. The van der Waals surface area contributed by atoms with Crippen LogP contribution in [0.2, 0.25) is 0 Å². The molecular formula is C40H47N3O5S. The molecule has 2 aromatic carbocycles. The van der Waals surface area contributed by atoms with E-state index in [-0.39, 0.29) is 30.1 Å². The first-order valence-corrected chi connectivity index (χ1v) is 18.0. The van der Waals surface area contributed by atoms with E-state index in [0.717, 1.165) is 45.7 Å². The first-order chi connectivity index (χ1) is 23.4. The van der Waals surface area contributed by atoms with Crippen molar-refractivity contribution >= 4 is 29.0 Å². The summed E-state index contributed by atoms with van der Waals surface area (Å²) < 4.78 is 5.87. The Balaban J connectivity index is 1.25. The van der Waals surface area contributed by atoms with Gasteiger partial charge in [0.05, 0.1) is 17.4 Å². The van der Waals surface area contributed by atoms with Crippen LogP contribution in [0.1, 0.15) is 80.4 Å². The molecule has 8 nitrogen and oxygen atoms in total. The van der Waals surface area contributed by atoms with E-state index in [1.807, 2.05) is 73.1 Å². The number of likely N-dealkylation sites (tertiary alicyclic amines) is 1. The van der Waals surface area contributed by atoms with E-state index in [0.29, 0.717) is 42.6 Å². The smallest absolute Gasteiger partial charge is 0.308 e. The minimum atomic E-state index is -0.891. The van der Waals surface area contributed by atoms with E-state index < -0.39 is 17.8 Å². The number of ether oxygens (including phenoxy) is 1. The lowest BCUT2D eigenvalue weighted by Gasteiger charge is -2.23. The van der Waals surface area contributed by atoms with Crippen molar-refractivity contribution in [3.63, 3.8) is 0 Å². The molecule has 0 spiro atoms. The molecule has 1 saturated heterocycles. The van der Waals surface area contributed by atoms with Crippen LogP contribution in [0, 0.1) is 17.8 Å². The molecule has 4 aromatic rings. The average Bonchev–Trinajstić information content (AvgIpc) is 3.79. The van der Waals surface area contributed by atoms with Gasteiger partial charge in [0.15, 0.2) is 11.6 Å². The van der Waals surface area contributed by atoms with Gasteiger partial charge in [0, 0.05) is 53.8 Å². The minimum Gasteiger partial charge on any atom is -0.494 e. The van der Waals surface area contributed by atoms with E-state index in [4.69, 9.17) is 4.74 Å². The standard InChI is InChI=1S/C40H47N3O5S/c1-26(2)7-6-20-48-33-14-12-28(13-15-33)32-23-41-37(42-24-32)29-10-8-27(9-11-29)21-31(38(45)43-19-18-30(25-43)39(46)47)22-34(44)35-16-17-36(49-35)40(3,4)5/h8-17,23-24,26,30-31H,6-7,18-22,25H2,1-5H3,(H,46,47)/t30-,31+/m0/s1. The molecule has 2 aromatic heterocycles. The van der Waals surface area contributed by atoms with Gasteiger partial charge in [0.1, 0.15) is 5.75 Å². The highest BCUT2D eigenvalue weighted by Crippen LogP contribution is 2.32. The Hall–Kier alpha value is -4.37. The Bertz CT molecular complexity index is 1720. The number of aromatic nitrogens is 2. The molecular weight excluding hydrogens is 635 g/mol. The number of hydrogen-bond donors (Lipinski definition) is 1. The van der Waals surface area contributed by atoms with Gasteiger partial charge in [-0.2, -0.15) is 0 Å². The maximum atomic E-state index is 13.7.